The Morgan fingerprint density at radius 1 is 1.22 bits per heavy atom. The maximum Gasteiger partial charge on any atom is 0.192 e. The van der Waals surface area contributed by atoms with Crippen LogP contribution in [0.4, 0.5) is 0 Å². The number of rotatable bonds is 3. The molecule has 124 valence electrons. The summed E-state index contributed by atoms with van der Waals surface area (Å²) < 4.78 is 8.58. The first-order chi connectivity index (χ1) is 10.6. The van der Waals surface area contributed by atoms with Gasteiger partial charge in [0, 0.05) is 23.6 Å². The van der Waals surface area contributed by atoms with Crippen LogP contribution in [-0.2, 0) is 18.1 Å². The van der Waals surface area contributed by atoms with E-state index in [0.717, 1.165) is 11.1 Å². The molecule has 0 saturated heterocycles. The van der Waals surface area contributed by atoms with Crippen molar-refractivity contribution in [2.24, 2.45) is 7.05 Å². The molecule has 4 heteroatoms. The number of nitrogens with zero attached hydrogens (tertiary/aromatic N) is 1. The largest absolute Gasteiger partial charge is 0.411 e. The summed E-state index contributed by atoms with van der Waals surface area (Å²) in [5.74, 6) is 0. The van der Waals surface area contributed by atoms with Gasteiger partial charge in [0.2, 0.25) is 0 Å². The van der Waals surface area contributed by atoms with Gasteiger partial charge in [-0.1, -0.05) is 32.9 Å². The molecule has 0 saturated carbocycles. The highest BCUT2D eigenvalue weighted by molar-refractivity contribution is 6.74. The molecule has 2 aromatic rings. The summed E-state index contributed by atoms with van der Waals surface area (Å²) in [5.41, 5.74) is 4.49. The predicted molar refractivity (Wildman–Crippen MR) is 98.9 cm³/mol. The minimum atomic E-state index is -1.75. The van der Waals surface area contributed by atoms with Gasteiger partial charge in [0.25, 0.3) is 0 Å². The van der Waals surface area contributed by atoms with E-state index in [4.69, 9.17) is 4.43 Å². The third kappa shape index (κ3) is 2.80. The Kier molecular flexibility index (Phi) is 3.82. The topological polar surface area (TPSA) is 34.4 Å². The average Bonchev–Trinajstić information content (AvgIpc) is 2.96. The van der Waals surface area contributed by atoms with Crippen molar-refractivity contribution in [1.29, 1.82) is 0 Å². The summed E-state index contributed by atoms with van der Waals surface area (Å²) >= 11 is 0. The van der Waals surface area contributed by atoms with Crippen LogP contribution in [0.2, 0.25) is 18.1 Å². The summed E-state index contributed by atoms with van der Waals surface area (Å²) in [7, 11) is 0.339. The van der Waals surface area contributed by atoms with Crippen molar-refractivity contribution < 1.29 is 9.53 Å². The Morgan fingerprint density at radius 2 is 1.91 bits per heavy atom. The zero-order chi connectivity index (χ0) is 17.0. The lowest BCUT2D eigenvalue weighted by Gasteiger charge is -2.36. The summed E-state index contributed by atoms with van der Waals surface area (Å²) in [6.45, 7) is 12.0. The van der Waals surface area contributed by atoms with Crippen LogP contribution in [0.3, 0.4) is 0 Å². The first kappa shape index (κ1) is 16.5. The first-order valence-electron chi connectivity index (χ1n) is 8.23. The first-order valence-corrected chi connectivity index (χ1v) is 11.1. The standard InChI is InChI=1S/C19H27NO2Si/c1-19(2,3)23(5,6)22-12-15-9-14-10-16-13(7-8-18(16)21)11-17(14)20(15)4/h7-11,18,21H,12H2,1-6H3. The van der Waals surface area contributed by atoms with Crippen LogP contribution in [0.15, 0.2) is 24.3 Å². The fourth-order valence-electron chi connectivity index (χ4n) is 2.78. The summed E-state index contributed by atoms with van der Waals surface area (Å²) in [6.07, 6.45) is 3.37. The van der Waals surface area contributed by atoms with Crippen LogP contribution in [-0.4, -0.2) is 18.0 Å². The van der Waals surface area contributed by atoms with Crippen LogP contribution in [0.5, 0.6) is 0 Å². The van der Waals surface area contributed by atoms with E-state index in [1.807, 2.05) is 12.2 Å². The lowest BCUT2D eigenvalue weighted by atomic mass is 10.1. The number of fused-ring (bicyclic) bond motifs is 2. The molecule has 23 heavy (non-hydrogen) atoms. The molecule has 0 radical (unpaired) electrons. The quantitative estimate of drug-likeness (QED) is 0.824. The lowest BCUT2D eigenvalue weighted by Crippen LogP contribution is -2.40. The van der Waals surface area contributed by atoms with Gasteiger partial charge in [-0.3, -0.25) is 0 Å². The number of benzene rings is 1. The molecular formula is C19H27NO2Si. The third-order valence-corrected chi connectivity index (χ3v) is 9.99. The van der Waals surface area contributed by atoms with Crippen LogP contribution in [0.25, 0.3) is 17.0 Å². The van der Waals surface area contributed by atoms with Gasteiger partial charge in [-0.05, 0) is 47.5 Å². The lowest BCUT2D eigenvalue weighted by molar-refractivity contribution is 0.232. The minimum absolute atomic E-state index is 0.216. The number of hydrogen-bond donors (Lipinski definition) is 1. The molecule has 0 amide bonds. The summed E-state index contributed by atoms with van der Waals surface area (Å²) in [5, 5.41) is 11.4. The Balaban J connectivity index is 1.91. The van der Waals surface area contributed by atoms with Crippen molar-refractivity contribution in [2.75, 3.05) is 0 Å². The molecule has 1 N–H and O–H groups in total. The monoisotopic (exact) mass is 329 g/mol. The Morgan fingerprint density at radius 3 is 2.57 bits per heavy atom. The van der Waals surface area contributed by atoms with Crippen LogP contribution in [0, 0.1) is 0 Å². The summed E-state index contributed by atoms with van der Waals surface area (Å²) in [4.78, 5) is 0. The van der Waals surface area contributed by atoms with Crippen LogP contribution < -0.4 is 0 Å². The van der Waals surface area contributed by atoms with Gasteiger partial charge in [0.05, 0.1) is 12.7 Å². The molecule has 1 aromatic heterocycles. The molecule has 1 unspecified atom stereocenters. The van der Waals surface area contributed by atoms with Gasteiger partial charge in [-0.25, -0.2) is 0 Å². The Bertz CT molecular complexity index is 781. The fourth-order valence-corrected chi connectivity index (χ4v) is 3.73. The van der Waals surface area contributed by atoms with Crippen LogP contribution in [0.1, 0.15) is 43.7 Å². The zero-order valence-corrected chi connectivity index (χ0v) is 16.0. The van der Waals surface area contributed by atoms with E-state index < -0.39 is 14.4 Å². The van der Waals surface area contributed by atoms with E-state index in [1.165, 1.54) is 16.6 Å². The maximum absolute atomic E-state index is 10.0. The number of aromatic nitrogens is 1. The molecule has 0 fully saturated rings. The Labute approximate surface area is 139 Å². The highest BCUT2D eigenvalue weighted by Gasteiger charge is 2.37. The molecule has 1 aromatic carbocycles. The van der Waals surface area contributed by atoms with E-state index in [9.17, 15) is 5.11 Å². The van der Waals surface area contributed by atoms with Gasteiger partial charge in [-0.2, -0.15) is 0 Å². The molecule has 3 nitrogen and oxygen atoms in total. The molecule has 3 rings (SSSR count). The number of aliphatic hydroxyl groups is 1. The zero-order valence-electron chi connectivity index (χ0n) is 15.0. The minimum Gasteiger partial charge on any atom is -0.411 e. The van der Waals surface area contributed by atoms with Gasteiger partial charge in [0.15, 0.2) is 8.32 Å². The van der Waals surface area contributed by atoms with Crippen molar-refractivity contribution in [3.63, 3.8) is 0 Å². The smallest absolute Gasteiger partial charge is 0.192 e. The highest BCUT2D eigenvalue weighted by Crippen LogP contribution is 2.38. The Hall–Kier alpha value is -1.36. The molecule has 1 aliphatic rings. The maximum atomic E-state index is 10.0. The van der Waals surface area contributed by atoms with Gasteiger partial charge in [-0.15, -0.1) is 0 Å². The van der Waals surface area contributed by atoms with Gasteiger partial charge < -0.3 is 14.1 Å². The van der Waals surface area contributed by atoms with E-state index in [2.05, 4.69) is 63.7 Å². The fraction of sp³-hybridized carbons (Fsp3) is 0.474. The second-order valence-electron chi connectivity index (χ2n) is 8.09. The second-order valence-corrected chi connectivity index (χ2v) is 12.9. The molecule has 1 atom stereocenters. The molecule has 0 bridgehead atoms. The number of aryl methyl sites for hydroxylation is 1. The SMILES string of the molecule is Cn1c(CO[Si](C)(C)C(C)(C)C)cc2cc3c(cc21)C=CC3O. The normalized spacial score (nSPS) is 18.0. The predicted octanol–water partition coefficient (Wildman–Crippen LogP) is 4.76. The molecule has 0 aliphatic heterocycles. The van der Waals surface area contributed by atoms with Gasteiger partial charge >= 0.3 is 0 Å². The molecule has 0 spiro atoms. The van der Waals surface area contributed by atoms with E-state index in [1.54, 1.807) is 0 Å². The third-order valence-electron chi connectivity index (χ3n) is 5.51. The van der Waals surface area contributed by atoms with Crippen molar-refractivity contribution in [3.05, 3.63) is 41.1 Å². The van der Waals surface area contributed by atoms with Crippen molar-refractivity contribution in [2.45, 2.75) is 51.6 Å². The molecule has 1 aliphatic carbocycles. The van der Waals surface area contributed by atoms with Crippen molar-refractivity contribution in [3.8, 4) is 0 Å². The van der Waals surface area contributed by atoms with E-state index >= 15 is 0 Å². The number of hydrogen-bond acceptors (Lipinski definition) is 2. The van der Waals surface area contributed by atoms with Crippen molar-refractivity contribution >= 4 is 25.3 Å². The van der Waals surface area contributed by atoms with Crippen molar-refractivity contribution in [1.82, 2.24) is 4.57 Å². The average molecular weight is 330 g/mol. The van der Waals surface area contributed by atoms with Crippen LogP contribution >= 0.6 is 0 Å². The summed E-state index contributed by atoms with van der Waals surface area (Å²) in [6, 6.07) is 6.45. The second kappa shape index (κ2) is 5.33. The van der Waals surface area contributed by atoms with E-state index in [-0.39, 0.29) is 5.04 Å². The van der Waals surface area contributed by atoms with Gasteiger partial charge in [0.1, 0.15) is 0 Å². The molecular weight excluding hydrogens is 302 g/mol. The number of aliphatic hydroxyl groups excluding tert-OH is 1. The molecule has 1 heterocycles. The highest BCUT2D eigenvalue weighted by atomic mass is 28.4. The van der Waals surface area contributed by atoms with E-state index in [0.29, 0.717) is 6.61 Å².